The number of ether oxygens (including phenoxy) is 1. The number of piperidine rings is 1. The fraction of sp³-hybridized carbons (Fsp3) is 1.00. The minimum Gasteiger partial charge on any atom is -0.378 e. The molecule has 3 rings (SSSR count). The lowest BCUT2D eigenvalue weighted by Gasteiger charge is -2.48. The molecule has 3 aliphatic rings. The lowest BCUT2D eigenvalue weighted by Crippen LogP contribution is -2.59. The molecule has 3 nitrogen and oxygen atoms in total. The van der Waals surface area contributed by atoms with Crippen LogP contribution in [0.25, 0.3) is 0 Å². The van der Waals surface area contributed by atoms with Gasteiger partial charge in [-0.15, -0.1) is 0 Å². The molecule has 0 N–H and O–H groups in total. The molecular weight excluding hydrogens is 248 g/mol. The molecule has 3 unspecified atom stereocenters. The maximum Gasteiger partial charge on any atom is 0.0587 e. The minimum absolute atomic E-state index is 0.547. The van der Waals surface area contributed by atoms with E-state index in [9.17, 15) is 0 Å². The Morgan fingerprint density at radius 2 is 1.95 bits per heavy atom. The van der Waals surface area contributed by atoms with E-state index in [0.717, 1.165) is 18.7 Å². The van der Waals surface area contributed by atoms with E-state index in [0.29, 0.717) is 6.10 Å². The molecular formula is C17H32N2O. The average Bonchev–Trinajstić information content (AvgIpc) is 2.53. The van der Waals surface area contributed by atoms with Crippen molar-refractivity contribution >= 4 is 0 Å². The molecule has 20 heavy (non-hydrogen) atoms. The zero-order valence-electron chi connectivity index (χ0n) is 13.2. The third-order valence-electron chi connectivity index (χ3n) is 5.64. The van der Waals surface area contributed by atoms with Crippen molar-refractivity contribution in [3.8, 4) is 0 Å². The second-order valence-electron chi connectivity index (χ2n) is 6.98. The van der Waals surface area contributed by atoms with E-state index >= 15 is 0 Å². The molecule has 0 saturated carbocycles. The zero-order valence-corrected chi connectivity index (χ0v) is 13.2. The Bertz CT molecular complexity index is 291. The Morgan fingerprint density at radius 1 is 1.05 bits per heavy atom. The quantitative estimate of drug-likeness (QED) is 0.787. The maximum atomic E-state index is 5.91. The van der Waals surface area contributed by atoms with Crippen molar-refractivity contribution < 1.29 is 4.74 Å². The van der Waals surface area contributed by atoms with Gasteiger partial charge in [0.15, 0.2) is 0 Å². The van der Waals surface area contributed by atoms with Crippen LogP contribution in [-0.4, -0.2) is 60.8 Å². The lowest BCUT2D eigenvalue weighted by molar-refractivity contribution is -0.0208. The smallest absolute Gasteiger partial charge is 0.0587 e. The normalized spacial score (nSPS) is 36.8. The fourth-order valence-electron chi connectivity index (χ4n) is 4.32. The molecule has 0 bridgehead atoms. The summed E-state index contributed by atoms with van der Waals surface area (Å²) in [5, 5.41) is 0. The van der Waals surface area contributed by atoms with Gasteiger partial charge in [0.2, 0.25) is 0 Å². The first-order chi connectivity index (χ1) is 9.86. The van der Waals surface area contributed by atoms with Gasteiger partial charge in [0.1, 0.15) is 0 Å². The summed E-state index contributed by atoms with van der Waals surface area (Å²) in [6.07, 6.45) is 11.3. The van der Waals surface area contributed by atoms with Crippen molar-refractivity contribution in [3.05, 3.63) is 0 Å². The van der Waals surface area contributed by atoms with E-state index in [1.165, 1.54) is 77.5 Å². The largest absolute Gasteiger partial charge is 0.378 e. The molecule has 3 saturated heterocycles. The summed E-state index contributed by atoms with van der Waals surface area (Å²) in [5.74, 6) is 0. The highest BCUT2D eigenvalue weighted by Gasteiger charge is 2.34. The topological polar surface area (TPSA) is 15.7 Å². The summed E-state index contributed by atoms with van der Waals surface area (Å²) in [7, 11) is 0. The number of piperazine rings is 1. The van der Waals surface area contributed by atoms with Crippen molar-refractivity contribution in [1.29, 1.82) is 0 Å². The van der Waals surface area contributed by atoms with E-state index in [4.69, 9.17) is 4.74 Å². The van der Waals surface area contributed by atoms with Crippen LogP contribution in [0.3, 0.4) is 0 Å². The fourth-order valence-corrected chi connectivity index (χ4v) is 4.32. The van der Waals surface area contributed by atoms with Crippen molar-refractivity contribution in [3.63, 3.8) is 0 Å². The molecule has 0 spiro atoms. The first kappa shape index (κ1) is 14.8. The van der Waals surface area contributed by atoms with E-state index < -0.39 is 0 Å². The highest BCUT2D eigenvalue weighted by Crippen LogP contribution is 2.26. The van der Waals surface area contributed by atoms with Crippen LogP contribution in [0.5, 0.6) is 0 Å². The summed E-state index contributed by atoms with van der Waals surface area (Å²) < 4.78 is 5.91. The molecule has 3 atom stereocenters. The van der Waals surface area contributed by atoms with Gasteiger partial charge in [-0.25, -0.2) is 0 Å². The summed E-state index contributed by atoms with van der Waals surface area (Å²) in [4.78, 5) is 5.55. The van der Waals surface area contributed by atoms with Gasteiger partial charge in [0.25, 0.3) is 0 Å². The van der Waals surface area contributed by atoms with Gasteiger partial charge in [-0.2, -0.15) is 0 Å². The van der Waals surface area contributed by atoms with E-state index in [-0.39, 0.29) is 0 Å². The second-order valence-corrected chi connectivity index (χ2v) is 6.98. The molecule has 116 valence electrons. The Labute approximate surface area is 124 Å². The Kier molecular flexibility index (Phi) is 5.36. The van der Waals surface area contributed by atoms with Crippen LogP contribution in [0.4, 0.5) is 0 Å². The van der Waals surface area contributed by atoms with E-state index in [1.54, 1.807) is 0 Å². The number of hydrogen-bond acceptors (Lipinski definition) is 3. The third-order valence-corrected chi connectivity index (χ3v) is 5.64. The van der Waals surface area contributed by atoms with Crippen molar-refractivity contribution in [2.75, 3.05) is 32.8 Å². The van der Waals surface area contributed by atoms with Gasteiger partial charge in [0, 0.05) is 38.3 Å². The summed E-state index contributed by atoms with van der Waals surface area (Å²) in [6, 6.07) is 1.63. The zero-order chi connectivity index (χ0) is 13.8. The highest BCUT2D eigenvalue weighted by molar-refractivity contribution is 4.90. The predicted octanol–water partition coefficient (Wildman–Crippen LogP) is 2.89. The Morgan fingerprint density at radius 3 is 2.75 bits per heavy atom. The maximum absolute atomic E-state index is 5.91. The van der Waals surface area contributed by atoms with Gasteiger partial charge in [0.05, 0.1) is 6.10 Å². The molecule has 3 heteroatoms. The molecule has 0 amide bonds. The summed E-state index contributed by atoms with van der Waals surface area (Å²) in [5.41, 5.74) is 0. The van der Waals surface area contributed by atoms with E-state index in [1.807, 2.05) is 0 Å². The first-order valence-electron chi connectivity index (χ1n) is 8.96. The van der Waals surface area contributed by atoms with Crippen LogP contribution < -0.4 is 0 Å². The van der Waals surface area contributed by atoms with Gasteiger partial charge in [-0.1, -0.05) is 13.3 Å². The van der Waals surface area contributed by atoms with Gasteiger partial charge < -0.3 is 4.74 Å². The highest BCUT2D eigenvalue weighted by atomic mass is 16.5. The van der Waals surface area contributed by atoms with Gasteiger partial charge in [-0.05, 0) is 51.5 Å². The summed E-state index contributed by atoms with van der Waals surface area (Å²) in [6.45, 7) is 8.59. The van der Waals surface area contributed by atoms with E-state index in [2.05, 4.69) is 16.7 Å². The SMILES string of the molecule is CCC1CN2CCCCC2CN1CCC1CCCCO1. The second kappa shape index (κ2) is 7.24. The van der Waals surface area contributed by atoms with Crippen molar-refractivity contribution in [1.82, 2.24) is 9.80 Å². The first-order valence-corrected chi connectivity index (χ1v) is 8.96. The van der Waals surface area contributed by atoms with Crippen LogP contribution in [-0.2, 0) is 4.74 Å². The molecule has 3 aliphatic heterocycles. The van der Waals surface area contributed by atoms with Gasteiger partial charge in [-0.3, -0.25) is 9.80 Å². The summed E-state index contributed by atoms with van der Waals surface area (Å²) >= 11 is 0. The van der Waals surface area contributed by atoms with Crippen LogP contribution in [0.15, 0.2) is 0 Å². The third kappa shape index (κ3) is 3.55. The van der Waals surface area contributed by atoms with Crippen molar-refractivity contribution in [2.24, 2.45) is 0 Å². The molecule has 0 aromatic heterocycles. The van der Waals surface area contributed by atoms with Crippen molar-refractivity contribution in [2.45, 2.75) is 76.5 Å². The molecule has 3 heterocycles. The molecule has 0 aromatic carbocycles. The van der Waals surface area contributed by atoms with Gasteiger partial charge >= 0.3 is 0 Å². The number of rotatable bonds is 4. The number of hydrogen-bond donors (Lipinski definition) is 0. The lowest BCUT2D eigenvalue weighted by atomic mass is 9.95. The molecule has 0 aliphatic carbocycles. The molecule has 0 aromatic rings. The molecule has 0 radical (unpaired) electrons. The minimum atomic E-state index is 0.547. The molecule has 3 fully saturated rings. The van der Waals surface area contributed by atoms with Crippen LogP contribution >= 0.6 is 0 Å². The monoisotopic (exact) mass is 280 g/mol. The van der Waals surface area contributed by atoms with Crippen LogP contribution in [0.1, 0.15) is 58.3 Å². The predicted molar refractivity (Wildman–Crippen MR) is 83.1 cm³/mol. The Balaban J connectivity index is 1.50. The average molecular weight is 280 g/mol. The Hall–Kier alpha value is -0.120. The van der Waals surface area contributed by atoms with Crippen LogP contribution in [0, 0.1) is 0 Å². The standard InChI is InChI=1S/C17H32N2O/c1-2-15-13-18-10-5-3-7-16(18)14-19(15)11-9-17-8-4-6-12-20-17/h15-17H,2-14H2,1H3. The van der Waals surface area contributed by atoms with Crippen LogP contribution in [0.2, 0.25) is 0 Å². The number of nitrogens with zero attached hydrogens (tertiary/aromatic N) is 2. The number of fused-ring (bicyclic) bond motifs is 1.